The molecule has 2 aliphatic rings. The lowest BCUT2D eigenvalue weighted by Crippen LogP contribution is -2.45. The SMILES string of the molecule is Cc1ccnc(CNC(=O)C[C@H]2CC[C@@H](CNC(=O)c3cocn3)N2CC2CC2)c1. The van der Waals surface area contributed by atoms with Gasteiger partial charge in [-0.3, -0.25) is 19.5 Å². The van der Waals surface area contributed by atoms with Crippen LogP contribution in [0.3, 0.4) is 0 Å². The molecule has 2 fully saturated rings. The number of carbonyl (C=O) groups excluding carboxylic acids is 2. The Balaban J connectivity index is 1.29. The van der Waals surface area contributed by atoms with Crippen molar-refractivity contribution < 1.29 is 14.0 Å². The Hall–Kier alpha value is -2.74. The average molecular weight is 412 g/mol. The number of rotatable bonds is 9. The van der Waals surface area contributed by atoms with Gasteiger partial charge in [-0.1, -0.05) is 0 Å². The molecule has 0 spiro atoms. The smallest absolute Gasteiger partial charge is 0.273 e. The van der Waals surface area contributed by atoms with Gasteiger partial charge in [0.2, 0.25) is 5.91 Å². The van der Waals surface area contributed by atoms with Gasteiger partial charge >= 0.3 is 0 Å². The van der Waals surface area contributed by atoms with Crippen molar-refractivity contribution in [3.05, 3.63) is 47.9 Å². The lowest BCUT2D eigenvalue weighted by molar-refractivity contribution is -0.122. The molecular formula is C22H29N5O3. The predicted octanol–water partition coefficient (Wildman–Crippen LogP) is 2.06. The van der Waals surface area contributed by atoms with E-state index in [-0.39, 0.29) is 23.9 Å². The van der Waals surface area contributed by atoms with Gasteiger partial charge in [0.1, 0.15) is 6.26 Å². The number of hydrogen-bond acceptors (Lipinski definition) is 6. The number of nitrogens with one attached hydrogen (secondary N) is 2. The summed E-state index contributed by atoms with van der Waals surface area (Å²) < 4.78 is 4.88. The maximum absolute atomic E-state index is 12.6. The molecule has 4 rings (SSSR count). The predicted molar refractivity (Wildman–Crippen MR) is 111 cm³/mol. The zero-order valence-electron chi connectivity index (χ0n) is 17.3. The molecule has 2 N–H and O–H groups in total. The van der Waals surface area contributed by atoms with Gasteiger partial charge in [0.15, 0.2) is 12.1 Å². The van der Waals surface area contributed by atoms with E-state index in [2.05, 4.69) is 25.5 Å². The van der Waals surface area contributed by atoms with E-state index >= 15 is 0 Å². The third-order valence-corrected chi connectivity index (χ3v) is 5.96. The molecule has 160 valence electrons. The van der Waals surface area contributed by atoms with Crippen molar-refractivity contribution in [2.45, 2.75) is 57.7 Å². The lowest BCUT2D eigenvalue weighted by atomic mass is 10.1. The highest BCUT2D eigenvalue weighted by molar-refractivity contribution is 5.91. The molecule has 2 amide bonds. The van der Waals surface area contributed by atoms with E-state index in [1.54, 1.807) is 6.20 Å². The van der Waals surface area contributed by atoms with E-state index in [9.17, 15) is 9.59 Å². The fourth-order valence-electron chi connectivity index (χ4n) is 4.15. The normalized spacial score (nSPS) is 21.5. The molecule has 8 heteroatoms. The molecular weight excluding hydrogens is 382 g/mol. The zero-order valence-corrected chi connectivity index (χ0v) is 17.3. The van der Waals surface area contributed by atoms with E-state index in [1.807, 2.05) is 19.1 Å². The quantitative estimate of drug-likeness (QED) is 0.655. The van der Waals surface area contributed by atoms with Crippen LogP contribution in [0.1, 0.15) is 53.8 Å². The second-order valence-electron chi connectivity index (χ2n) is 8.41. The molecule has 1 saturated heterocycles. The maximum atomic E-state index is 12.6. The standard InChI is InChI=1S/C22H29N5O3/c1-15-6-7-23-17(8-15)10-24-21(28)9-18-4-5-19(27(18)12-16-2-3-16)11-25-22(29)20-13-30-14-26-20/h6-8,13-14,16,18-19H,2-5,9-12H2,1H3,(H,24,28)(H,25,29)/t18-,19+/m1/s1. The van der Waals surface area contributed by atoms with Gasteiger partial charge in [-0.2, -0.15) is 0 Å². The molecule has 2 aromatic heterocycles. The molecule has 2 atom stereocenters. The van der Waals surface area contributed by atoms with Gasteiger partial charge in [0.05, 0.1) is 12.2 Å². The molecule has 0 radical (unpaired) electrons. The fraction of sp³-hybridized carbons (Fsp3) is 0.545. The van der Waals surface area contributed by atoms with Crippen LogP contribution in [0.5, 0.6) is 0 Å². The molecule has 1 saturated carbocycles. The third kappa shape index (κ3) is 5.44. The first-order valence-electron chi connectivity index (χ1n) is 10.7. The number of likely N-dealkylation sites (tertiary alicyclic amines) is 1. The summed E-state index contributed by atoms with van der Waals surface area (Å²) in [5.41, 5.74) is 2.30. The third-order valence-electron chi connectivity index (χ3n) is 5.96. The molecule has 8 nitrogen and oxygen atoms in total. The highest BCUT2D eigenvalue weighted by atomic mass is 16.3. The first-order valence-corrected chi connectivity index (χ1v) is 10.7. The van der Waals surface area contributed by atoms with Gasteiger partial charge in [-0.05, 0) is 56.2 Å². The van der Waals surface area contributed by atoms with Crippen molar-refractivity contribution in [1.29, 1.82) is 0 Å². The summed E-state index contributed by atoms with van der Waals surface area (Å²) in [6, 6.07) is 4.40. The van der Waals surface area contributed by atoms with E-state index in [0.717, 1.165) is 36.6 Å². The minimum Gasteiger partial charge on any atom is -0.451 e. The Morgan fingerprint density at radius 2 is 2.00 bits per heavy atom. The molecule has 30 heavy (non-hydrogen) atoms. The van der Waals surface area contributed by atoms with Crippen molar-refractivity contribution in [1.82, 2.24) is 25.5 Å². The van der Waals surface area contributed by atoms with E-state index in [0.29, 0.717) is 25.2 Å². The van der Waals surface area contributed by atoms with Crippen LogP contribution >= 0.6 is 0 Å². The van der Waals surface area contributed by atoms with Crippen LogP contribution in [0.2, 0.25) is 0 Å². The van der Waals surface area contributed by atoms with Crippen LogP contribution in [0, 0.1) is 12.8 Å². The van der Waals surface area contributed by atoms with Crippen LogP contribution in [0.4, 0.5) is 0 Å². The topological polar surface area (TPSA) is 100 Å². The maximum Gasteiger partial charge on any atom is 0.273 e. The van der Waals surface area contributed by atoms with Gasteiger partial charge < -0.3 is 15.1 Å². The van der Waals surface area contributed by atoms with Crippen LogP contribution < -0.4 is 10.6 Å². The summed E-state index contributed by atoms with van der Waals surface area (Å²) in [6.07, 6.45) is 9.30. The second kappa shape index (κ2) is 9.38. The minimum absolute atomic E-state index is 0.0522. The van der Waals surface area contributed by atoms with Crippen LogP contribution in [-0.2, 0) is 11.3 Å². The van der Waals surface area contributed by atoms with Gasteiger partial charge in [-0.15, -0.1) is 0 Å². The molecule has 2 aromatic rings. The van der Waals surface area contributed by atoms with Gasteiger partial charge in [0.25, 0.3) is 5.91 Å². The Kier molecular flexibility index (Phi) is 6.42. The molecule has 1 aliphatic heterocycles. The summed E-state index contributed by atoms with van der Waals surface area (Å²) in [5, 5.41) is 5.97. The molecule has 1 aliphatic carbocycles. The number of pyridine rings is 1. The second-order valence-corrected chi connectivity index (χ2v) is 8.41. The minimum atomic E-state index is -0.220. The molecule has 3 heterocycles. The van der Waals surface area contributed by atoms with Crippen molar-refractivity contribution in [2.75, 3.05) is 13.1 Å². The Morgan fingerprint density at radius 1 is 1.17 bits per heavy atom. The largest absolute Gasteiger partial charge is 0.451 e. The molecule has 0 unspecified atom stereocenters. The summed E-state index contributed by atoms with van der Waals surface area (Å²) in [4.78, 5) is 35.4. The number of amides is 2. The molecule has 0 aromatic carbocycles. The lowest BCUT2D eigenvalue weighted by Gasteiger charge is -2.30. The van der Waals surface area contributed by atoms with Gasteiger partial charge in [0, 0.05) is 37.8 Å². The van der Waals surface area contributed by atoms with Crippen LogP contribution in [-0.4, -0.2) is 51.9 Å². The number of nitrogens with zero attached hydrogens (tertiary/aromatic N) is 3. The first-order chi connectivity index (χ1) is 14.6. The summed E-state index contributed by atoms with van der Waals surface area (Å²) in [7, 11) is 0. The van der Waals surface area contributed by atoms with Crippen molar-refractivity contribution in [2.24, 2.45) is 5.92 Å². The van der Waals surface area contributed by atoms with E-state index in [1.165, 1.54) is 25.5 Å². The zero-order chi connectivity index (χ0) is 20.9. The highest BCUT2D eigenvalue weighted by Crippen LogP contribution is 2.35. The monoisotopic (exact) mass is 411 g/mol. The fourth-order valence-corrected chi connectivity index (χ4v) is 4.15. The summed E-state index contributed by atoms with van der Waals surface area (Å²) >= 11 is 0. The Labute approximate surface area is 176 Å². The highest BCUT2D eigenvalue weighted by Gasteiger charge is 2.38. The molecule has 0 bridgehead atoms. The van der Waals surface area contributed by atoms with E-state index in [4.69, 9.17) is 4.42 Å². The first kappa shape index (κ1) is 20.5. The average Bonchev–Trinajstić information content (AvgIpc) is 3.23. The van der Waals surface area contributed by atoms with E-state index < -0.39 is 0 Å². The van der Waals surface area contributed by atoms with Crippen LogP contribution in [0.25, 0.3) is 0 Å². The number of hydrogen-bond donors (Lipinski definition) is 2. The van der Waals surface area contributed by atoms with Crippen molar-refractivity contribution >= 4 is 11.8 Å². The van der Waals surface area contributed by atoms with Crippen LogP contribution in [0.15, 0.2) is 35.4 Å². The summed E-state index contributed by atoms with van der Waals surface area (Å²) in [6.45, 7) is 4.03. The number of oxazole rings is 1. The van der Waals surface area contributed by atoms with Gasteiger partial charge in [-0.25, -0.2) is 4.98 Å². The van der Waals surface area contributed by atoms with Crippen molar-refractivity contribution in [3.8, 4) is 0 Å². The Bertz CT molecular complexity index is 865. The number of carbonyl (C=O) groups is 2. The number of aryl methyl sites for hydroxylation is 1. The van der Waals surface area contributed by atoms with Crippen molar-refractivity contribution in [3.63, 3.8) is 0 Å². The summed E-state index contributed by atoms with van der Waals surface area (Å²) in [5.74, 6) is 0.553. The number of aromatic nitrogens is 2. The Morgan fingerprint density at radius 3 is 2.73 bits per heavy atom.